The fourth-order valence-corrected chi connectivity index (χ4v) is 1.68. The molecule has 0 radical (unpaired) electrons. The zero-order valence-electron chi connectivity index (χ0n) is 9.47. The minimum Gasteiger partial charge on any atom is -0.314 e. The Morgan fingerprint density at radius 1 is 1.38 bits per heavy atom. The third kappa shape index (κ3) is 3.74. The van der Waals surface area contributed by atoms with Gasteiger partial charge < -0.3 is 5.32 Å². The van der Waals surface area contributed by atoms with E-state index in [4.69, 9.17) is 0 Å². The lowest BCUT2D eigenvalue weighted by atomic mass is 10.0. The third-order valence-electron chi connectivity index (χ3n) is 2.41. The first-order valence-corrected chi connectivity index (χ1v) is 5.45. The number of hydrogen-bond donors (Lipinski definition) is 1. The average Bonchev–Trinajstić information content (AvgIpc) is 2.24. The molecule has 1 nitrogen and oxygen atoms in total. The van der Waals surface area contributed by atoms with Crippen molar-refractivity contribution in [1.82, 2.24) is 5.32 Å². The summed E-state index contributed by atoms with van der Waals surface area (Å²) in [5.41, 5.74) is 0.798. The standard InChI is InChI=1S/C13H17F2N/c1-3-5-11(16-4-2)8-10-6-7-12(14)13(15)9-10/h3,6-7,9,11,16H,1,4-5,8H2,2H3. The Hall–Kier alpha value is -1.22. The Kier molecular flexibility index (Phi) is 5.12. The number of halogens is 2. The van der Waals surface area contributed by atoms with Crippen molar-refractivity contribution in [2.24, 2.45) is 0 Å². The van der Waals surface area contributed by atoms with Gasteiger partial charge in [0.1, 0.15) is 0 Å². The van der Waals surface area contributed by atoms with E-state index in [-0.39, 0.29) is 6.04 Å². The predicted molar refractivity (Wildman–Crippen MR) is 62.3 cm³/mol. The lowest BCUT2D eigenvalue weighted by Crippen LogP contribution is -2.30. The van der Waals surface area contributed by atoms with Crippen LogP contribution >= 0.6 is 0 Å². The van der Waals surface area contributed by atoms with Crippen molar-refractivity contribution in [3.05, 3.63) is 48.1 Å². The molecule has 0 saturated heterocycles. The minimum atomic E-state index is -0.799. The van der Waals surface area contributed by atoms with Crippen LogP contribution in [0.3, 0.4) is 0 Å². The first kappa shape index (κ1) is 12.8. The van der Waals surface area contributed by atoms with Crippen LogP contribution in [0.4, 0.5) is 8.78 Å². The molecule has 0 aliphatic heterocycles. The quantitative estimate of drug-likeness (QED) is 0.734. The van der Waals surface area contributed by atoms with E-state index in [0.717, 1.165) is 18.5 Å². The second-order valence-corrected chi connectivity index (χ2v) is 3.73. The Labute approximate surface area is 95.2 Å². The molecule has 3 heteroatoms. The highest BCUT2D eigenvalue weighted by atomic mass is 19.2. The Balaban J connectivity index is 2.68. The molecule has 0 aliphatic rings. The van der Waals surface area contributed by atoms with Crippen LogP contribution in [0.15, 0.2) is 30.9 Å². The van der Waals surface area contributed by atoms with Gasteiger partial charge in [-0.3, -0.25) is 0 Å². The molecule has 1 aromatic rings. The summed E-state index contributed by atoms with van der Waals surface area (Å²) in [5, 5.41) is 3.28. The van der Waals surface area contributed by atoms with Crippen LogP contribution in [0, 0.1) is 11.6 Å². The lowest BCUT2D eigenvalue weighted by molar-refractivity contribution is 0.500. The second kappa shape index (κ2) is 6.38. The van der Waals surface area contributed by atoms with E-state index in [2.05, 4.69) is 11.9 Å². The zero-order chi connectivity index (χ0) is 12.0. The second-order valence-electron chi connectivity index (χ2n) is 3.73. The molecule has 1 aromatic carbocycles. The van der Waals surface area contributed by atoms with Crippen molar-refractivity contribution < 1.29 is 8.78 Å². The van der Waals surface area contributed by atoms with Gasteiger partial charge in [0.2, 0.25) is 0 Å². The van der Waals surface area contributed by atoms with E-state index in [1.54, 1.807) is 6.07 Å². The summed E-state index contributed by atoms with van der Waals surface area (Å²) < 4.78 is 25.7. The highest BCUT2D eigenvalue weighted by molar-refractivity contribution is 5.19. The fraction of sp³-hybridized carbons (Fsp3) is 0.385. The van der Waals surface area contributed by atoms with Gasteiger partial charge in [-0.1, -0.05) is 19.1 Å². The van der Waals surface area contributed by atoms with Gasteiger partial charge in [-0.15, -0.1) is 6.58 Å². The number of nitrogens with one attached hydrogen (secondary N) is 1. The van der Waals surface area contributed by atoms with Crippen molar-refractivity contribution >= 4 is 0 Å². The Morgan fingerprint density at radius 3 is 2.69 bits per heavy atom. The van der Waals surface area contributed by atoms with E-state index in [1.165, 1.54) is 12.1 Å². The minimum absolute atomic E-state index is 0.229. The van der Waals surface area contributed by atoms with E-state index in [0.29, 0.717) is 6.42 Å². The Bertz CT molecular complexity index is 350. The van der Waals surface area contributed by atoms with Gasteiger partial charge in [-0.05, 0) is 37.1 Å². The van der Waals surface area contributed by atoms with Crippen molar-refractivity contribution in [2.45, 2.75) is 25.8 Å². The first-order chi connectivity index (χ1) is 7.67. The molecule has 16 heavy (non-hydrogen) atoms. The molecule has 1 unspecified atom stereocenters. The smallest absolute Gasteiger partial charge is 0.159 e. The summed E-state index contributed by atoms with van der Waals surface area (Å²) >= 11 is 0. The van der Waals surface area contributed by atoms with Crippen molar-refractivity contribution in [3.63, 3.8) is 0 Å². The van der Waals surface area contributed by atoms with Gasteiger partial charge >= 0.3 is 0 Å². The number of likely N-dealkylation sites (N-methyl/N-ethyl adjacent to an activating group) is 1. The molecule has 0 fully saturated rings. The van der Waals surface area contributed by atoms with Crippen LogP contribution in [0.1, 0.15) is 18.9 Å². The van der Waals surface area contributed by atoms with Gasteiger partial charge in [-0.2, -0.15) is 0 Å². The number of benzene rings is 1. The van der Waals surface area contributed by atoms with Gasteiger partial charge in [0, 0.05) is 6.04 Å². The Morgan fingerprint density at radius 2 is 2.12 bits per heavy atom. The van der Waals surface area contributed by atoms with Gasteiger partial charge in [0.25, 0.3) is 0 Å². The maximum absolute atomic E-state index is 13.0. The van der Waals surface area contributed by atoms with Gasteiger partial charge in [0.05, 0.1) is 0 Å². The predicted octanol–water partition coefficient (Wildman–Crippen LogP) is 3.06. The van der Waals surface area contributed by atoms with Crippen LogP contribution in [0.25, 0.3) is 0 Å². The molecular weight excluding hydrogens is 208 g/mol. The topological polar surface area (TPSA) is 12.0 Å². The van der Waals surface area contributed by atoms with Crippen LogP contribution in [0.2, 0.25) is 0 Å². The molecule has 1 atom stereocenters. The van der Waals surface area contributed by atoms with E-state index in [1.807, 2.05) is 13.0 Å². The number of rotatable bonds is 6. The molecule has 0 heterocycles. The maximum atomic E-state index is 13.0. The molecule has 1 N–H and O–H groups in total. The SMILES string of the molecule is C=CCC(Cc1ccc(F)c(F)c1)NCC. The van der Waals surface area contributed by atoms with Crippen molar-refractivity contribution in [3.8, 4) is 0 Å². The van der Waals surface area contributed by atoms with E-state index >= 15 is 0 Å². The number of hydrogen-bond acceptors (Lipinski definition) is 1. The van der Waals surface area contributed by atoms with Gasteiger partial charge in [-0.25, -0.2) is 8.78 Å². The molecule has 1 rings (SSSR count). The monoisotopic (exact) mass is 225 g/mol. The summed E-state index contributed by atoms with van der Waals surface area (Å²) in [6.07, 6.45) is 3.32. The fourth-order valence-electron chi connectivity index (χ4n) is 1.68. The lowest BCUT2D eigenvalue weighted by Gasteiger charge is -2.16. The average molecular weight is 225 g/mol. The molecule has 0 saturated carbocycles. The highest BCUT2D eigenvalue weighted by Gasteiger charge is 2.08. The molecular formula is C13H17F2N. The summed E-state index contributed by atoms with van der Waals surface area (Å²) in [4.78, 5) is 0. The van der Waals surface area contributed by atoms with Crippen LogP contribution in [-0.4, -0.2) is 12.6 Å². The summed E-state index contributed by atoms with van der Waals surface area (Å²) in [7, 11) is 0. The van der Waals surface area contributed by atoms with Crippen LogP contribution in [-0.2, 0) is 6.42 Å². The summed E-state index contributed by atoms with van der Waals surface area (Å²) in [6.45, 7) is 6.55. The summed E-state index contributed by atoms with van der Waals surface area (Å²) in [5.74, 6) is -1.58. The molecule has 0 aliphatic carbocycles. The first-order valence-electron chi connectivity index (χ1n) is 5.45. The van der Waals surface area contributed by atoms with Crippen molar-refractivity contribution in [1.29, 1.82) is 0 Å². The summed E-state index contributed by atoms with van der Waals surface area (Å²) in [6, 6.07) is 4.27. The molecule has 0 aromatic heterocycles. The van der Waals surface area contributed by atoms with Crippen molar-refractivity contribution in [2.75, 3.05) is 6.54 Å². The largest absolute Gasteiger partial charge is 0.314 e. The van der Waals surface area contributed by atoms with Gasteiger partial charge in [0.15, 0.2) is 11.6 Å². The molecule has 88 valence electrons. The molecule has 0 spiro atoms. The highest BCUT2D eigenvalue weighted by Crippen LogP contribution is 2.11. The third-order valence-corrected chi connectivity index (χ3v) is 2.41. The zero-order valence-corrected chi connectivity index (χ0v) is 9.47. The molecule has 0 bridgehead atoms. The van der Waals surface area contributed by atoms with Crippen LogP contribution in [0.5, 0.6) is 0 Å². The van der Waals surface area contributed by atoms with E-state index in [9.17, 15) is 8.78 Å². The normalized spacial score (nSPS) is 12.4. The van der Waals surface area contributed by atoms with Crippen LogP contribution < -0.4 is 5.32 Å². The van der Waals surface area contributed by atoms with E-state index < -0.39 is 11.6 Å². The molecule has 0 amide bonds. The maximum Gasteiger partial charge on any atom is 0.159 e.